The number of nitrogens with two attached hydrogens (primary N) is 1. The number of aromatic nitrogens is 1. The number of nitrogen functional groups attached to an aromatic ring is 1. The summed E-state index contributed by atoms with van der Waals surface area (Å²) in [7, 11) is 0. The molecule has 0 amide bonds. The van der Waals surface area contributed by atoms with Crippen molar-refractivity contribution >= 4 is 5.82 Å². The summed E-state index contributed by atoms with van der Waals surface area (Å²) in [5.74, 6) is 1.32. The number of nitrogens with one attached hydrogen (secondary N) is 1. The molecule has 90 valence electrons. The first-order valence-electron chi connectivity index (χ1n) is 6.05. The Kier molecular flexibility index (Phi) is 5.26. The zero-order valence-electron chi connectivity index (χ0n) is 10.5. The molecule has 0 aromatic carbocycles. The largest absolute Gasteiger partial charge is 0.384 e. The van der Waals surface area contributed by atoms with Gasteiger partial charge in [0.15, 0.2) is 0 Å². The second kappa shape index (κ2) is 6.48. The molecule has 3 N–H and O–H groups in total. The van der Waals surface area contributed by atoms with Crippen LogP contribution in [0.25, 0.3) is 0 Å². The van der Waals surface area contributed by atoms with Crippen molar-refractivity contribution < 1.29 is 0 Å². The smallest absolute Gasteiger partial charge is 0.123 e. The summed E-state index contributed by atoms with van der Waals surface area (Å²) >= 11 is 0. The topological polar surface area (TPSA) is 50.9 Å². The van der Waals surface area contributed by atoms with Crippen LogP contribution >= 0.6 is 0 Å². The van der Waals surface area contributed by atoms with Crippen molar-refractivity contribution in [2.24, 2.45) is 5.92 Å². The molecular formula is C13H23N3. The van der Waals surface area contributed by atoms with E-state index < -0.39 is 0 Å². The van der Waals surface area contributed by atoms with Crippen LogP contribution in [0.1, 0.15) is 32.8 Å². The van der Waals surface area contributed by atoms with Gasteiger partial charge in [-0.05, 0) is 43.0 Å². The van der Waals surface area contributed by atoms with Gasteiger partial charge < -0.3 is 11.1 Å². The molecule has 0 radical (unpaired) electrons. The third kappa shape index (κ3) is 4.62. The van der Waals surface area contributed by atoms with Crippen LogP contribution in [-0.2, 0) is 6.42 Å². The van der Waals surface area contributed by atoms with Crippen molar-refractivity contribution in [2.75, 3.05) is 12.3 Å². The fourth-order valence-electron chi connectivity index (χ4n) is 2.00. The number of hydrogen-bond donors (Lipinski definition) is 2. The predicted octanol–water partition coefficient (Wildman–Crippen LogP) is 2.23. The number of anilines is 1. The van der Waals surface area contributed by atoms with E-state index in [9.17, 15) is 0 Å². The molecule has 0 aliphatic heterocycles. The van der Waals surface area contributed by atoms with Crippen molar-refractivity contribution in [3.8, 4) is 0 Å². The van der Waals surface area contributed by atoms with Crippen LogP contribution in [0.5, 0.6) is 0 Å². The lowest BCUT2D eigenvalue weighted by Gasteiger charge is -2.20. The molecule has 1 atom stereocenters. The first kappa shape index (κ1) is 13.0. The molecule has 0 saturated heterocycles. The molecule has 0 spiro atoms. The summed E-state index contributed by atoms with van der Waals surface area (Å²) in [6.07, 6.45) is 4.00. The zero-order valence-corrected chi connectivity index (χ0v) is 10.5. The molecule has 0 aliphatic carbocycles. The lowest BCUT2D eigenvalue weighted by molar-refractivity contribution is 0.424. The summed E-state index contributed by atoms with van der Waals surface area (Å²) in [6.45, 7) is 7.67. The van der Waals surface area contributed by atoms with E-state index in [4.69, 9.17) is 5.73 Å². The summed E-state index contributed by atoms with van der Waals surface area (Å²) in [5, 5.41) is 3.52. The summed E-state index contributed by atoms with van der Waals surface area (Å²) < 4.78 is 0. The first-order chi connectivity index (χ1) is 7.61. The van der Waals surface area contributed by atoms with Gasteiger partial charge in [-0.25, -0.2) is 4.98 Å². The van der Waals surface area contributed by atoms with Crippen LogP contribution in [0.3, 0.4) is 0 Å². The molecule has 3 heteroatoms. The van der Waals surface area contributed by atoms with Crippen LogP contribution in [0.15, 0.2) is 18.3 Å². The Hall–Kier alpha value is -1.09. The average Bonchev–Trinajstić information content (AvgIpc) is 2.16. The Morgan fingerprint density at radius 2 is 2.19 bits per heavy atom. The van der Waals surface area contributed by atoms with E-state index in [2.05, 4.69) is 31.1 Å². The second-order valence-corrected chi connectivity index (χ2v) is 4.68. The maximum atomic E-state index is 5.68. The van der Waals surface area contributed by atoms with Crippen LogP contribution < -0.4 is 11.1 Å². The standard InChI is InChI=1S/C13H23N3/c1-4-15-12(7-10(2)3)8-11-5-6-16-13(14)9-11/h5-6,9-10,12,15H,4,7-8H2,1-3H3,(H2,14,16). The summed E-state index contributed by atoms with van der Waals surface area (Å²) in [5.41, 5.74) is 6.94. The van der Waals surface area contributed by atoms with Crippen molar-refractivity contribution in [1.82, 2.24) is 10.3 Å². The molecule has 0 fully saturated rings. The maximum absolute atomic E-state index is 5.68. The molecule has 0 bridgehead atoms. The second-order valence-electron chi connectivity index (χ2n) is 4.68. The van der Waals surface area contributed by atoms with Crippen molar-refractivity contribution in [1.29, 1.82) is 0 Å². The van der Waals surface area contributed by atoms with Crippen molar-refractivity contribution in [3.63, 3.8) is 0 Å². The Labute approximate surface area is 98.5 Å². The van der Waals surface area contributed by atoms with Gasteiger partial charge in [-0.15, -0.1) is 0 Å². The minimum Gasteiger partial charge on any atom is -0.384 e. The first-order valence-corrected chi connectivity index (χ1v) is 6.05. The van der Waals surface area contributed by atoms with Crippen LogP contribution in [0.4, 0.5) is 5.82 Å². The number of rotatable bonds is 6. The third-order valence-electron chi connectivity index (χ3n) is 2.58. The van der Waals surface area contributed by atoms with Crippen LogP contribution in [0, 0.1) is 5.92 Å². The molecule has 0 aliphatic rings. The predicted molar refractivity (Wildman–Crippen MR) is 69.3 cm³/mol. The summed E-state index contributed by atoms with van der Waals surface area (Å²) in [4.78, 5) is 4.01. The molecule has 3 nitrogen and oxygen atoms in total. The SMILES string of the molecule is CCNC(Cc1ccnc(N)c1)CC(C)C. The van der Waals surface area contributed by atoms with Gasteiger partial charge in [0.25, 0.3) is 0 Å². The Morgan fingerprint density at radius 3 is 2.75 bits per heavy atom. The lowest BCUT2D eigenvalue weighted by atomic mass is 9.97. The normalized spacial score (nSPS) is 13.0. The number of nitrogens with zero attached hydrogens (tertiary/aromatic N) is 1. The molecular weight excluding hydrogens is 198 g/mol. The van der Waals surface area contributed by atoms with E-state index in [-0.39, 0.29) is 0 Å². The quantitative estimate of drug-likeness (QED) is 0.774. The highest BCUT2D eigenvalue weighted by Crippen LogP contribution is 2.12. The van der Waals surface area contributed by atoms with Gasteiger partial charge in [-0.1, -0.05) is 20.8 Å². The van der Waals surface area contributed by atoms with E-state index in [0.29, 0.717) is 17.8 Å². The molecule has 0 saturated carbocycles. The summed E-state index contributed by atoms with van der Waals surface area (Å²) in [6, 6.07) is 4.54. The molecule has 1 unspecified atom stereocenters. The van der Waals surface area contributed by atoms with Gasteiger partial charge in [-0.2, -0.15) is 0 Å². The maximum Gasteiger partial charge on any atom is 0.123 e. The van der Waals surface area contributed by atoms with E-state index in [1.807, 2.05) is 12.1 Å². The van der Waals surface area contributed by atoms with E-state index in [0.717, 1.165) is 13.0 Å². The minimum absolute atomic E-state index is 0.534. The van der Waals surface area contributed by atoms with E-state index >= 15 is 0 Å². The lowest BCUT2D eigenvalue weighted by Crippen LogP contribution is -2.32. The Balaban J connectivity index is 2.60. The van der Waals surface area contributed by atoms with Crippen LogP contribution in [-0.4, -0.2) is 17.6 Å². The average molecular weight is 221 g/mol. The highest BCUT2D eigenvalue weighted by Gasteiger charge is 2.10. The van der Waals surface area contributed by atoms with E-state index in [1.165, 1.54) is 12.0 Å². The fraction of sp³-hybridized carbons (Fsp3) is 0.615. The number of hydrogen-bond acceptors (Lipinski definition) is 3. The zero-order chi connectivity index (χ0) is 12.0. The molecule has 1 aromatic heterocycles. The molecule has 1 heterocycles. The van der Waals surface area contributed by atoms with Gasteiger partial charge in [0.2, 0.25) is 0 Å². The van der Waals surface area contributed by atoms with Gasteiger partial charge in [0.1, 0.15) is 5.82 Å². The number of pyridine rings is 1. The highest BCUT2D eigenvalue weighted by atomic mass is 14.9. The minimum atomic E-state index is 0.534. The highest BCUT2D eigenvalue weighted by molar-refractivity contribution is 5.32. The van der Waals surface area contributed by atoms with Gasteiger partial charge in [-0.3, -0.25) is 0 Å². The van der Waals surface area contributed by atoms with Crippen LogP contribution in [0.2, 0.25) is 0 Å². The fourth-order valence-corrected chi connectivity index (χ4v) is 2.00. The van der Waals surface area contributed by atoms with Gasteiger partial charge >= 0.3 is 0 Å². The monoisotopic (exact) mass is 221 g/mol. The molecule has 1 rings (SSSR count). The van der Waals surface area contributed by atoms with Crippen molar-refractivity contribution in [3.05, 3.63) is 23.9 Å². The van der Waals surface area contributed by atoms with Gasteiger partial charge in [0.05, 0.1) is 0 Å². The van der Waals surface area contributed by atoms with Gasteiger partial charge in [0, 0.05) is 12.2 Å². The number of likely N-dealkylation sites (N-methyl/N-ethyl adjacent to an activating group) is 1. The molecule has 1 aromatic rings. The molecule has 16 heavy (non-hydrogen) atoms. The Morgan fingerprint density at radius 1 is 1.44 bits per heavy atom. The third-order valence-corrected chi connectivity index (χ3v) is 2.58. The van der Waals surface area contributed by atoms with Crippen molar-refractivity contribution in [2.45, 2.75) is 39.7 Å². The Bertz CT molecular complexity index is 310. The van der Waals surface area contributed by atoms with E-state index in [1.54, 1.807) is 6.20 Å².